The Morgan fingerprint density at radius 1 is 1.20 bits per heavy atom. The second-order valence-corrected chi connectivity index (χ2v) is 9.58. The number of oxime groups is 2. The van der Waals surface area contributed by atoms with Gasteiger partial charge in [0.05, 0.1) is 34.4 Å². The molecule has 7 nitrogen and oxygen atoms in total. The van der Waals surface area contributed by atoms with Gasteiger partial charge in [-0.2, -0.15) is 0 Å². The summed E-state index contributed by atoms with van der Waals surface area (Å²) >= 11 is 12.9. The van der Waals surface area contributed by atoms with Gasteiger partial charge in [-0.05, 0) is 56.6 Å². The van der Waals surface area contributed by atoms with Crippen molar-refractivity contribution in [1.82, 2.24) is 4.90 Å². The van der Waals surface area contributed by atoms with Gasteiger partial charge in [0.2, 0.25) is 5.96 Å². The minimum absolute atomic E-state index is 0.00894. The number of rotatable bonds is 5. The summed E-state index contributed by atoms with van der Waals surface area (Å²) < 4.78 is 6.43. The number of piperidine rings is 1. The van der Waals surface area contributed by atoms with Crippen LogP contribution in [0.5, 0.6) is 0 Å². The maximum absolute atomic E-state index is 9.07. The van der Waals surface area contributed by atoms with Crippen molar-refractivity contribution in [3.8, 4) is 0 Å². The molecule has 2 bridgehead atoms. The van der Waals surface area contributed by atoms with E-state index in [4.69, 9.17) is 43.7 Å². The molecular formula is C21H26Cl2N4O3. The predicted octanol–water partition coefficient (Wildman–Crippen LogP) is 3.84. The van der Waals surface area contributed by atoms with Crippen molar-refractivity contribution in [2.24, 2.45) is 27.9 Å². The van der Waals surface area contributed by atoms with Crippen LogP contribution >= 0.6 is 23.2 Å². The van der Waals surface area contributed by atoms with E-state index >= 15 is 0 Å². The second-order valence-electron chi connectivity index (χ2n) is 8.76. The van der Waals surface area contributed by atoms with Gasteiger partial charge in [-0.25, -0.2) is 0 Å². The molecule has 9 heteroatoms. The summed E-state index contributed by atoms with van der Waals surface area (Å²) in [6.07, 6.45) is 6.28. The van der Waals surface area contributed by atoms with Crippen LogP contribution in [0, 0.1) is 11.8 Å². The first-order chi connectivity index (χ1) is 14.6. The molecule has 162 valence electrons. The van der Waals surface area contributed by atoms with Crippen molar-refractivity contribution in [3.05, 3.63) is 33.8 Å². The van der Waals surface area contributed by atoms with Crippen LogP contribution in [-0.4, -0.2) is 52.7 Å². The Morgan fingerprint density at radius 2 is 1.87 bits per heavy atom. The van der Waals surface area contributed by atoms with E-state index in [1.807, 2.05) is 23.1 Å². The van der Waals surface area contributed by atoms with Gasteiger partial charge in [-0.3, -0.25) is 0 Å². The minimum Gasteiger partial charge on any atom is -0.408 e. The van der Waals surface area contributed by atoms with Gasteiger partial charge in [-0.1, -0.05) is 39.6 Å². The lowest BCUT2D eigenvalue weighted by molar-refractivity contribution is -0.0359. The Bertz CT molecular complexity index is 842. The number of nitrogens with zero attached hydrogens (tertiary/aromatic N) is 3. The molecule has 2 saturated heterocycles. The van der Waals surface area contributed by atoms with E-state index in [2.05, 4.69) is 10.3 Å². The van der Waals surface area contributed by atoms with Gasteiger partial charge < -0.3 is 25.4 Å². The van der Waals surface area contributed by atoms with Crippen LogP contribution in [0.25, 0.3) is 0 Å². The summed E-state index contributed by atoms with van der Waals surface area (Å²) in [5, 5.41) is 17.8. The number of hydrogen-bond acceptors (Lipinski definition) is 5. The number of ether oxygens (including phenoxy) is 1. The quantitative estimate of drug-likeness (QED) is 0.306. The third-order valence-corrected chi connectivity index (χ3v) is 7.52. The van der Waals surface area contributed by atoms with E-state index in [1.165, 1.54) is 0 Å². The fourth-order valence-corrected chi connectivity index (χ4v) is 5.92. The van der Waals surface area contributed by atoms with E-state index < -0.39 is 0 Å². The third kappa shape index (κ3) is 3.61. The first-order valence-corrected chi connectivity index (χ1v) is 11.4. The molecule has 1 aliphatic carbocycles. The zero-order valence-corrected chi connectivity index (χ0v) is 18.1. The molecule has 0 spiro atoms. The molecule has 0 aromatic heterocycles. The zero-order chi connectivity index (χ0) is 20.8. The third-order valence-electron chi connectivity index (χ3n) is 6.89. The standard InChI is InChI=1S/C21H26Cl2N4O3/c22-16-2-1-3-17(23)18(16)19-15(20(30-26-19)11-4-5-11)10-29-14-8-12-6-7-13(9-14)27(12)21(24)25-28/h1-3,11-15,20,28H,4-10H2,(H2,24,25)/t12-,13+,14?,15?,20?. The SMILES string of the molecule is N/C(=N\O)N1[C@@H]2CC[C@H]1CC(OCC1C(c3c(Cl)cccc3Cl)=NOC1C1CC1)C2. The number of halogens is 2. The Morgan fingerprint density at radius 3 is 2.47 bits per heavy atom. The van der Waals surface area contributed by atoms with Crippen LogP contribution in [0.1, 0.15) is 44.1 Å². The van der Waals surface area contributed by atoms with Crippen molar-refractivity contribution in [2.45, 2.75) is 62.8 Å². The fraction of sp³-hybridized carbons (Fsp3) is 0.619. The highest BCUT2D eigenvalue weighted by Crippen LogP contribution is 2.44. The summed E-state index contributed by atoms with van der Waals surface area (Å²) in [5.41, 5.74) is 7.43. The molecule has 3 heterocycles. The maximum atomic E-state index is 9.07. The van der Waals surface area contributed by atoms with E-state index in [1.54, 1.807) is 0 Å². The van der Waals surface area contributed by atoms with Gasteiger partial charge >= 0.3 is 0 Å². The van der Waals surface area contributed by atoms with Gasteiger partial charge in [0.25, 0.3) is 0 Å². The van der Waals surface area contributed by atoms with E-state index in [-0.39, 0.29) is 36.2 Å². The Hall–Kier alpha value is -1.70. The molecule has 0 amide bonds. The molecule has 1 aromatic rings. The molecule has 3 fully saturated rings. The van der Waals surface area contributed by atoms with Crippen LogP contribution in [-0.2, 0) is 9.57 Å². The largest absolute Gasteiger partial charge is 0.408 e. The lowest BCUT2D eigenvalue weighted by atomic mass is 9.90. The van der Waals surface area contributed by atoms with Gasteiger partial charge in [-0.15, -0.1) is 0 Å². The molecule has 1 saturated carbocycles. The average Bonchev–Trinajstić information content (AvgIpc) is 3.44. The van der Waals surface area contributed by atoms with Crippen molar-refractivity contribution < 1.29 is 14.8 Å². The lowest BCUT2D eigenvalue weighted by Crippen LogP contribution is -2.51. The smallest absolute Gasteiger partial charge is 0.233 e. The van der Waals surface area contributed by atoms with E-state index in [9.17, 15) is 0 Å². The number of fused-ring (bicyclic) bond motifs is 2. The molecule has 3 N–H and O–H groups in total. The summed E-state index contributed by atoms with van der Waals surface area (Å²) in [6.45, 7) is 0.523. The summed E-state index contributed by atoms with van der Waals surface area (Å²) in [5.74, 6) is 0.732. The van der Waals surface area contributed by atoms with Crippen LogP contribution in [0.2, 0.25) is 10.0 Å². The second kappa shape index (κ2) is 8.09. The first kappa shape index (κ1) is 20.2. The average molecular weight is 453 g/mol. The van der Waals surface area contributed by atoms with Crippen LogP contribution in [0.3, 0.4) is 0 Å². The highest BCUT2D eigenvalue weighted by Gasteiger charge is 2.47. The van der Waals surface area contributed by atoms with Crippen molar-refractivity contribution >= 4 is 34.9 Å². The number of benzene rings is 1. The highest BCUT2D eigenvalue weighted by atomic mass is 35.5. The minimum atomic E-state index is 0.00894. The highest BCUT2D eigenvalue weighted by molar-refractivity contribution is 6.40. The topological polar surface area (TPSA) is 92.7 Å². The van der Waals surface area contributed by atoms with Gasteiger partial charge in [0.1, 0.15) is 6.10 Å². The number of guanidine groups is 1. The number of hydrogen-bond donors (Lipinski definition) is 2. The number of nitrogens with two attached hydrogens (primary N) is 1. The first-order valence-electron chi connectivity index (χ1n) is 10.6. The zero-order valence-electron chi connectivity index (χ0n) is 16.6. The van der Waals surface area contributed by atoms with Crippen molar-refractivity contribution in [1.29, 1.82) is 0 Å². The van der Waals surface area contributed by atoms with Crippen LogP contribution in [0.4, 0.5) is 0 Å². The van der Waals surface area contributed by atoms with Gasteiger partial charge in [0.15, 0.2) is 0 Å². The molecule has 5 rings (SSSR count). The molecule has 0 radical (unpaired) electrons. The molecule has 3 aliphatic heterocycles. The Balaban J connectivity index is 1.30. The molecule has 1 aromatic carbocycles. The fourth-order valence-electron chi connectivity index (χ4n) is 5.33. The van der Waals surface area contributed by atoms with Crippen molar-refractivity contribution in [3.63, 3.8) is 0 Å². The summed E-state index contributed by atoms with van der Waals surface area (Å²) in [4.78, 5) is 7.89. The molecule has 5 atom stereocenters. The summed E-state index contributed by atoms with van der Waals surface area (Å²) in [7, 11) is 0. The van der Waals surface area contributed by atoms with E-state index in [0.29, 0.717) is 22.6 Å². The van der Waals surface area contributed by atoms with Crippen molar-refractivity contribution in [2.75, 3.05) is 6.61 Å². The molecular weight excluding hydrogens is 427 g/mol. The van der Waals surface area contributed by atoms with Crippen LogP contribution in [0.15, 0.2) is 28.5 Å². The Labute approximate surface area is 185 Å². The maximum Gasteiger partial charge on any atom is 0.233 e. The summed E-state index contributed by atoms with van der Waals surface area (Å²) in [6, 6.07) is 6.01. The molecule has 30 heavy (non-hydrogen) atoms. The lowest BCUT2D eigenvalue weighted by Gasteiger charge is -2.39. The molecule has 4 aliphatic rings. The molecule has 3 unspecified atom stereocenters. The Kier molecular flexibility index (Phi) is 5.45. The van der Waals surface area contributed by atoms with E-state index in [0.717, 1.165) is 49.8 Å². The monoisotopic (exact) mass is 452 g/mol. The normalized spacial score (nSPS) is 33.5. The predicted molar refractivity (Wildman–Crippen MR) is 115 cm³/mol. The van der Waals surface area contributed by atoms with Gasteiger partial charge in [0, 0.05) is 17.6 Å². The van der Waals surface area contributed by atoms with Crippen LogP contribution < -0.4 is 5.73 Å².